The van der Waals surface area contributed by atoms with Crippen LogP contribution >= 0.6 is 28.3 Å². The molecule has 0 bridgehead atoms. The number of nitrogens with two attached hydrogens (primary N) is 1. The zero-order valence-corrected chi connectivity index (χ0v) is 14.5. The lowest BCUT2D eigenvalue weighted by molar-refractivity contribution is 0.256. The van der Waals surface area contributed by atoms with E-state index in [1.807, 2.05) is 12.3 Å². The number of halogens is 2. The van der Waals surface area contributed by atoms with E-state index in [1.165, 1.54) is 17.4 Å². The van der Waals surface area contributed by atoms with Gasteiger partial charge in [-0.3, -0.25) is 9.88 Å². The molecule has 114 valence electrons. The van der Waals surface area contributed by atoms with Gasteiger partial charge in [-0.1, -0.05) is 28.1 Å². The molecule has 0 radical (unpaired) electrons. The van der Waals surface area contributed by atoms with Crippen molar-refractivity contribution in [2.75, 3.05) is 13.1 Å². The Hall–Kier alpha value is -0.680. The van der Waals surface area contributed by atoms with E-state index in [-0.39, 0.29) is 12.4 Å². The molecule has 3 nitrogen and oxygen atoms in total. The van der Waals surface area contributed by atoms with Crippen LogP contribution in [0.4, 0.5) is 0 Å². The highest BCUT2D eigenvalue weighted by molar-refractivity contribution is 9.10. The third kappa shape index (κ3) is 3.39. The maximum Gasteiger partial charge on any atom is 0.0758 e. The molecule has 2 N–H and O–H groups in total. The molecule has 1 aliphatic heterocycles. The van der Waals surface area contributed by atoms with Gasteiger partial charge in [0, 0.05) is 35.2 Å². The Morgan fingerprint density at radius 3 is 2.90 bits per heavy atom. The molecule has 3 rings (SSSR count). The maximum absolute atomic E-state index is 5.82. The van der Waals surface area contributed by atoms with Gasteiger partial charge in [-0.25, -0.2) is 0 Å². The molecule has 0 saturated carbocycles. The number of aromatic nitrogens is 1. The number of benzene rings is 1. The molecule has 1 aliphatic rings. The quantitative estimate of drug-likeness (QED) is 0.898. The average Bonchev–Trinajstić information content (AvgIpc) is 2.83. The van der Waals surface area contributed by atoms with E-state index in [0.717, 1.165) is 29.6 Å². The lowest BCUT2D eigenvalue weighted by atomic mass is 10.1. The van der Waals surface area contributed by atoms with Gasteiger partial charge in [0.15, 0.2) is 0 Å². The topological polar surface area (TPSA) is 42.1 Å². The standard InChI is InChI=1S/C16H20BrN3.ClH/c1-11-7-12(8-18)9-20(11)10-13-4-5-15(17)14-3-2-6-19-16(13)14;/h2-6,11-12H,7-10,18H2,1H3;1H. The van der Waals surface area contributed by atoms with Crippen molar-refractivity contribution < 1.29 is 0 Å². The first-order valence-electron chi connectivity index (χ1n) is 7.15. The molecule has 5 heteroatoms. The third-order valence-corrected chi connectivity index (χ3v) is 4.99. The van der Waals surface area contributed by atoms with Crippen molar-refractivity contribution in [3.63, 3.8) is 0 Å². The van der Waals surface area contributed by atoms with Crippen molar-refractivity contribution in [3.05, 3.63) is 40.5 Å². The predicted molar refractivity (Wildman–Crippen MR) is 93.7 cm³/mol. The number of hydrogen-bond acceptors (Lipinski definition) is 3. The van der Waals surface area contributed by atoms with Crippen LogP contribution in [0.3, 0.4) is 0 Å². The minimum absolute atomic E-state index is 0. The molecule has 0 aliphatic carbocycles. The van der Waals surface area contributed by atoms with Gasteiger partial charge < -0.3 is 5.73 Å². The first-order chi connectivity index (χ1) is 9.69. The summed E-state index contributed by atoms with van der Waals surface area (Å²) < 4.78 is 1.11. The molecule has 2 aromatic rings. The number of hydrogen-bond donors (Lipinski definition) is 1. The second kappa shape index (κ2) is 7.05. The van der Waals surface area contributed by atoms with Crippen molar-refractivity contribution in [1.29, 1.82) is 0 Å². The molecule has 1 aromatic heterocycles. The van der Waals surface area contributed by atoms with E-state index in [1.54, 1.807) is 0 Å². The largest absolute Gasteiger partial charge is 0.330 e. The Morgan fingerprint density at radius 2 is 2.19 bits per heavy atom. The Balaban J connectivity index is 0.00000161. The number of rotatable bonds is 3. The monoisotopic (exact) mass is 369 g/mol. The Bertz CT molecular complexity index is 619. The van der Waals surface area contributed by atoms with E-state index >= 15 is 0 Å². The number of likely N-dealkylation sites (tertiary alicyclic amines) is 1. The highest BCUT2D eigenvalue weighted by atomic mass is 79.9. The van der Waals surface area contributed by atoms with Gasteiger partial charge in [0.2, 0.25) is 0 Å². The van der Waals surface area contributed by atoms with Crippen LogP contribution in [0.25, 0.3) is 10.9 Å². The van der Waals surface area contributed by atoms with Crippen LogP contribution in [-0.4, -0.2) is 29.0 Å². The van der Waals surface area contributed by atoms with Crippen LogP contribution < -0.4 is 5.73 Å². The molecule has 1 fully saturated rings. The number of nitrogens with zero attached hydrogens (tertiary/aromatic N) is 2. The summed E-state index contributed by atoms with van der Waals surface area (Å²) in [6, 6.07) is 9.01. The fourth-order valence-electron chi connectivity index (χ4n) is 3.15. The van der Waals surface area contributed by atoms with E-state index < -0.39 is 0 Å². The first-order valence-corrected chi connectivity index (χ1v) is 7.94. The molecule has 1 aromatic carbocycles. The van der Waals surface area contributed by atoms with Gasteiger partial charge in [0.1, 0.15) is 0 Å². The Kier molecular flexibility index (Phi) is 5.60. The summed E-state index contributed by atoms with van der Waals surface area (Å²) >= 11 is 3.61. The van der Waals surface area contributed by atoms with Gasteiger partial charge in [0.25, 0.3) is 0 Å². The van der Waals surface area contributed by atoms with E-state index in [9.17, 15) is 0 Å². The molecular formula is C16H21BrClN3. The molecule has 0 amide bonds. The summed E-state index contributed by atoms with van der Waals surface area (Å²) in [5.74, 6) is 0.639. The van der Waals surface area contributed by atoms with Crippen LogP contribution in [0.5, 0.6) is 0 Å². The van der Waals surface area contributed by atoms with Crippen LogP contribution in [0.1, 0.15) is 18.9 Å². The summed E-state index contributed by atoms with van der Waals surface area (Å²) in [5.41, 5.74) is 8.22. The molecular weight excluding hydrogens is 350 g/mol. The fourth-order valence-corrected chi connectivity index (χ4v) is 3.60. The number of fused-ring (bicyclic) bond motifs is 1. The normalized spacial score (nSPS) is 22.4. The van der Waals surface area contributed by atoms with E-state index in [0.29, 0.717) is 12.0 Å². The van der Waals surface area contributed by atoms with Crippen LogP contribution in [0, 0.1) is 5.92 Å². The second-order valence-corrected chi connectivity index (χ2v) is 6.58. The zero-order valence-electron chi connectivity index (χ0n) is 12.1. The van der Waals surface area contributed by atoms with Gasteiger partial charge in [-0.05, 0) is 43.5 Å². The number of pyridine rings is 1. The van der Waals surface area contributed by atoms with Gasteiger partial charge in [-0.15, -0.1) is 12.4 Å². The van der Waals surface area contributed by atoms with E-state index in [2.05, 4.69) is 50.9 Å². The van der Waals surface area contributed by atoms with Crippen molar-refractivity contribution >= 4 is 39.2 Å². The highest BCUT2D eigenvalue weighted by Crippen LogP contribution is 2.29. The molecule has 2 atom stereocenters. The zero-order chi connectivity index (χ0) is 14.1. The summed E-state index contributed by atoms with van der Waals surface area (Å²) in [7, 11) is 0. The highest BCUT2D eigenvalue weighted by Gasteiger charge is 2.28. The first kappa shape index (κ1) is 16.7. The SMILES string of the molecule is CC1CC(CN)CN1Cc1ccc(Br)c2cccnc12.Cl. The smallest absolute Gasteiger partial charge is 0.0758 e. The lowest BCUT2D eigenvalue weighted by Gasteiger charge is -2.21. The minimum Gasteiger partial charge on any atom is -0.330 e. The van der Waals surface area contributed by atoms with Crippen molar-refractivity contribution in [2.45, 2.75) is 25.9 Å². The van der Waals surface area contributed by atoms with Crippen LogP contribution in [0.15, 0.2) is 34.9 Å². The summed E-state index contributed by atoms with van der Waals surface area (Å²) in [5, 5.41) is 1.19. The van der Waals surface area contributed by atoms with Crippen LogP contribution in [-0.2, 0) is 6.54 Å². The van der Waals surface area contributed by atoms with Gasteiger partial charge >= 0.3 is 0 Å². The average molecular weight is 371 g/mol. The van der Waals surface area contributed by atoms with Crippen molar-refractivity contribution in [1.82, 2.24) is 9.88 Å². The molecule has 1 saturated heterocycles. The molecule has 0 spiro atoms. The summed E-state index contributed by atoms with van der Waals surface area (Å²) in [4.78, 5) is 7.09. The summed E-state index contributed by atoms with van der Waals surface area (Å²) in [6.45, 7) is 5.14. The molecule has 2 unspecified atom stereocenters. The minimum atomic E-state index is 0. The predicted octanol–water partition coefficient (Wildman–Crippen LogP) is 3.59. The summed E-state index contributed by atoms with van der Waals surface area (Å²) in [6.07, 6.45) is 3.08. The lowest BCUT2D eigenvalue weighted by Crippen LogP contribution is -2.27. The molecule has 21 heavy (non-hydrogen) atoms. The maximum atomic E-state index is 5.82. The third-order valence-electron chi connectivity index (χ3n) is 4.30. The Labute approximate surface area is 140 Å². The molecule has 2 heterocycles. The Morgan fingerprint density at radius 1 is 1.38 bits per heavy atom. The van der Waals surface area contributed by atoms with Crippen LogP contribution in [0.2, 0.25) is 0 Å². The van der Waals surface area contributed by atoms with E-state index in [4.69, 9.17) is 5.73 Å². The van der Waals surface area contributed by atoms with Gasteiger partial charge in [-0.2, -0.15) is 0 Å². The van der Waals surface area contributed by atoms with Crippen molar-refractivity contribution in [2.24, 2.45) is 11.7 Å². The fraction of sp³-hybridized carbons (Fsp3) is 0.438. The van der Waals surface area contributed by atoms with Gasteiger partial charge in [0.05, 0.1) is 5.52 Å². The van der Waals surface area contributed by atoms with Crippen molar-refractivity contribution in [3.8, 4) is 0 Å². The second-order valence-electron chi connectivity index (χ2n) is 5.72.